The van der Waals surface area contributed by atoms with Gasteiger partial charge in [-0.3, -0.25) is 0 Å². The maximum absolute atomic E-state index is 6.09. The smallest absolute Gasteiger partial charge is 0.120 e. The second kappa shape index (κ2) is 5.96. The summed E-state index contributed by atoms with van der Waals surface area (Å²) in [5.41, 5.74) is 3.05. The first-order valence-corrected chi connectivity index (χ1v) is 7.87. The van der Waals surface area contributed by atoms with Crippen molar-refractivity contribution in [1.29, 1.82) is 0 Å². The Bertz CT molecular complexity index is 423. The third-order valence-corrected chi connectivity index (χ3v) is 4.40. The highest BCUT2D eigenvalue weighted by atomic mass is 16.5. The molecule has 19 heavy (non-hydrogen) atoms. The Hall–Kier alpha value is -1.02. The van der Waals surface area contributed by atoms with Crippen LogP contribution in [0.1, 0.15) is 50.2 Å². The number of rotatable bonds is 5. The highest BCUT2D eigenvalue weighted by molar-refractivity contribution is 5.37. The quantitative estimate of drug-likeness (QED) is 0.874. The Morgan fingerprint density at radius 2 is 1.95 bits per heavy atom. The molecule has 1 aromatic carbocycles. The maximum atomic E-state index is 6.09. The molecule has 0 aliphatic heterocycles. The molecule has 104 valence electrons. The lowest BCUT2D eigenvalue weighted by Crippen LogP contribution is -2.46. The molecule has 0 bridgehead atoms. The van der Waals surface area contributed by atoms with Crippen LogP contribution in [0, 0.1) is 0 Å². The average molecular weight is 259 g/mol. The van der Waals surface area contributed by atoms with Crippen molar-refractivity contribution in [2.45, 2.75) is 64.0 Å². The SMILES string of the molecule is CCCNC1CC(Oc2ccc3c(c2)CCCC3)C1. The molecule has 0 spiro atoms. The van der Waals surface area contributed by atoms with Crippen molar-refractivity contribution >= 4 is 0 Å². The van der Waals surface area contributed by atoms with Gasteiger partial charge in [0.2, 0.25) is 0 Å². The van der Waals surface area contributed by atoms with E-state index in [1.807, 2.05) is 0 Å². The first-order valence-electron chi connectivity index (χ1n) is 7.87. The Balaban J connectivity index is 1.51. The Morgan fingerprint density at radius 1 is 1.16 bits per heavy atom. The Labute approximate surface area is 116 Å². The van der Waals surface area contributed by atoms with Gasteiger partial charge in [0, 0.05) is 6.04 Å². The first-order chi connectivity index (χ1) is 9.35. The normalized spacial score (nSPS) is 25.5. The third-order valence-electron chi connectivity index (χ3n) is 4.40. The second-order valence-corrected chi connectivity index (χ2v) is 6.00. The topological polar surface area (TPSA) is 21.3 Å². The van der Waals surface area contributed by atoms with Crippen molar-refractivity contribution in [2.75, 3.05) is 6.54 Å². The van der Waals surface area contributed by atoms with Crippen LogP contribution in [0.4, 0.5) is 0 Å². The zero-order valence-corrected chi connectivity index (χ0v) is 12.0. The monoisotopic (exact) mass is 259 g/mol. The molecular formula is C17H25NO. The molecule has 1 aromatic rings. The summed E-state index contributed by atoms with van der Waals surface area (Å²) in [6.45, 7) is 3.35. The number of hydrogen-bond acceptors (Lipinski definition) is 2. The Morgan fingerprint density at radius 3 is 2.74 bits per heavy atom. The number of benzene rings is 1. The van der Waals surface area contributed by atoms with Crippen molar-refractivity contribution in [3.63, 3.8) is 0 Å². The molecule has 0 aromatic heterocycles. The molecule has 0 heterocycles. The molecule has 2 aliphatic rings. The van der Waals surface area contributed by atoms with Gasteiger partial charge in [0.25, 0.3) is 0 Å². The number of aryl methyl sites for hydroxylation is 2. The molecule has 0 saturated heterocycles. The highest BCUT2D eigenvalue weighted by Gasteiger charge is 2.30. The van der Waals surface area contributed by atoms with Crippen molar-refractivity contribution in [1.82, 2.24) is 5.32 Å². The van der Waals surface area contributed by atoms with Crippen LogP contribution in [0.15, 0.2) is 18.2 Å². The molecule has 0 amide bonds. The van der Waals surface area contributed by atoms with E-state index >= 15 is 0 Å². The van der Waals surface area contributed by atoms with E-state index in [1.54, 1.807) is 0 Å². The van der Waals surface area contributed by atoms with Crippen LogP contribution in [0.2, 0.25) is 0 Å². The fourth-order valence-electron chi connectivity index (χ4n) is 3.15. The van der Waals surface area contributed by atoms with Crippen molar-refractivity contribution in [3.8, 4) is 5.75 Å². The molecule has 2 nitrogen and oxygen atoms in total. The van der Waals surface area contributed by atoms with Crippen molar-refractivity contribution in [2.24, 2.45) is 0 Å². The summed E-state index contributed by atoms with van der Waals surface area (Å²) in [5.74, 6) is 1.08. The summed E-state index contributed by atoms with van der Waals surface area (Å²) in [4.78, 5) is 0. The molecule has 1 fully saturated rings. The van der Waals surface area contributed by atoms with E-state index in [9.17, 15) is 0 Å². The summed E-state index contributed by atoms with van der Waals surface area (Å²) in [6, 6.07) is 7.40. The fourth-order valence-corrected chi connectivity index (χ4v) is 3.15. The molecule has 0 unspecified atom stereocenters. The van der Waals surface area contributed by atoms with Crippen LogP contribution in [-0.2, 0) is 12.8 Å². The zero-order chi connectivity index (χ0) is 13.1. The van der Waals surface area contributed by atoms with Crippen LogP contribution in [0.5, 0.6) is 5.75 Å². The lowest BCUT2D eigenvalue weighted by atomic mass is 9.88. The van der Waals surface area contributed by atoms with Crippen LogP contribution < -0.4 is 10.1 Å². The summed E-state index contributed by atoms with van der Waals surface area (Å²) in [5, 5.41) is 3.55. The standard InChI is InChI=1S/C17H25NO/c1-2-9-18-15-11-17(12-15)19-16-8-7-13-5-3-4-6-14(13)10-16/h7-8,10,15,17-18H,2-6,9,11-12H2,1H3. The number of hydrogen-bond donors (Lipinski definition) is 1. The van der Waals surface area contributed by atoms with E-state index < -0.39 is 0 Å². The van der Waals surface area contributed by atoms with E-state index in [0.717, 1.165) is 25.1 Å². The minimum absolute atomic E-state index is 0.427. The number of fused-ring (bicyclic) bond motifs is 1. The lowest BCUT2D eigenvalue weighted by Gasteiger charge is -2.36. The van der Waals surface area contributed by atoms with Gasteiger partial charge in [0.1, 0.15) is 11.9 Å². The predicted molar refractivity (Wildman–Crippen MR) is 78.8 cm³/mol. The Kier molecular flexibility index (Phi) is 4.07. The molecular weight excluding hydrogens is 234 g/mol. The van der Waals surface area contributed by atoms with Crippen molar-refractivity contribution < 1.29 is 4.74 Å². The van der Waals surface area contributed by atoms with Crippen LogP contribution in [-0.4, -0.2) is 18.7 Å². The lowest BCUT2D eigenvalue weighted by molar-refractivity contribution is 0.0851. The van der Waals surface area contributed by atoms with Gasteiger partial charge < -0.3 is 10.1 Å². The number of nitrogens with one attached hydrogen (secondary N) is 1. The first kappa shape index (κ1) is 13.0. The molecule has 0 atom stereocenters. The van der Waals surface area contributed by atoms with Crippen molar-refractivity contribution in [3.05, 3.63) is 29.3 Å². The predicted octanol–water partition coefficient (Wildman–Crippen LogP) is 3.47. The van der Waals surface area contributed by atoms with Gasteiger partial charge in [-0.25, -0.2) is 0 Å². The number of ether oxygens (including phenoxy) is 1. The summed E-state index contributed by atoms with van der Waals surface area (Å²) in [6.07, 6.45) is 9.14. The zero-order valence-electron chi connectivity index (χ0n) is 12.0. The summed E-state index contributed by atoms with van der Waals surface area (Å²) in [7, 11) is 0. The molecule has 2 aliphatic carbocycles. The minimum Gasteiger partial charge on any atom is -0.490 e. The van der Waals surface area contributed by atoms with Gasteiger partial charge in [-0.1, -0.05) is 13.0 Å². The van der Waals surface area contributed by atoms with Crippen LogP contribution >= 0.6 is 0 Å². The summed E-state index contributed by atoms with van der Waals surface area (Å²) >= 11 is 0. The van der Waals surface area contributed by atoms with E-state index in [2.05, 4.69) is 30.4 Å². The van der Waals surface area contributed by atoms with Gasteiger partial charge in [0.15, 0.2) is 0 Å². The average Bonchev–Trinajstić information content (AvgIpc) is 2.41. The van der Waals surface area contributed by atoms with Gasteiger partial charge in [-0.2, -0.15) is 0 Å². The third kappa shape index (κ3) is 3.11. The van der Waals surface area contributed by atoms with Crippen LogP contribution in [0.3, 0.4) is 0 Å². The fraction of sp³-hybridized carbons (Fsp3) is 0.647. The maximum Gasteiger partial charge on any atom is 0.120 e. The van der Waals surface area contributed by atoms with Crippen LogP contribution in [0.25, 0.3) is 0 Å². The summed E-state index contributed by atoms with van der Waals surface area (Å²) < 4.78 is 6.09. The largest absolute Gasteiger partial charge is 0.490 e. The molecule has 1 N–H and O–H groups in total. The van der Waals surface area contributed by atoms with E-state index in [-0.39, 0.29) is 0 Å². The molecule has 3 rings (SSSR count). The molecule has 0 radical (unpaired) electrons. The highest BCUT2D eigenvalue weighted by Crippen LogP contribution is 2.29. The van der Waals surface area contributed by atoms with E-state index in [4.69, 9.17) is 4.74 Å². The van der Waals surface area contributed by atoms with Gasteiger partial charge in [0.05, 0.1) is 0 Å². The minimum atomic E-state index is 0.427. The molecule has 1 saturated carbocycles. The van der Waals surface area contributed by atoms with Gasteiger partial charge >= 0.3 is 0 Å². The van der Waals surface area contributed by atoms with Gasteiger partial charge in [-0.05, 0) is 74.8 Å². The van der Waals surface area contributed by atoms with E-state index in [1.165, 1.54) is 43.2 Å². The second-order valence-electron chi connectivity index (χ2n) is 6.00. The van der Waals surface area contributed by atoms with Gasteiger partial charge in [-0.15, -0.1) is 0 Å². The van der Waals surface area contributed by atoms with E-state index in [0.29, 0.717) is 12.1 Å². The molecule has 2 heteroatoms.